The van der Waals surface area contributed by atoms with E-state index >= 15 is 0 Å². The van der Waals surface area contributed by atoms with Gasteiger partial charge in [0.25, 0.3) is 5.82 Å². The van der Waals surface area contributed by atoms with E-state index in [2.05, 4.69) is 15.1 Å². The molecule has 0 aliphatic rings. The van der Waals surface area contributed by atoms with Crippen LogP contribution in [0.1, 0.15) is 10.6 Å². The number of hydrogen-bond acceptors (Lipinski definition) is 5. The first-order valence-corrected chi connectivity index (χ1v) is 4.45. The van der Waals surface area contributed by atoms with Crippen LogP contribution in [0, 0.1) is 0 Å². The fourth-order valence-electron chi connectivity index (χ4n) is 1.07. The van der Waals surface area contributed by atoms with Gasteiger partial charge in [0.05, 0.1) is 5.02 Å². The number of hydrogen-bond donors (Lipinski definition) is 2. The van der Waals surface area contributed by atoms with Crippen molar-refractivity contribution in [1.29, 1.82) is 0 Å². The molecule has 82 valence electrons. The van der Waals surface area contributed by atoms with E-state index in [-0.39, 0.29) is 17.4 Å². The first-order chi connectivity index (χ1) is 7.58. The van der Waals surface area contributed by atoms with Gasteiger partial charge in [0.2, 0.25) is 5.88 Å². The highest BCUT2D eigenvalue weighted by Gasteiger charge is 2.12. The van der Waals surface area contributed by atoms with Crippen LogP contribution in [-0.2, 0) is 0 Å². The summed E-state index contributed by atoms with van der Waals surface area (Å²) in [5.41, 5.74) is 0.160. The number of rotatable bonds is 2. The smallest absolute Gasteiger partial charge is 0.375 e. The van der Waals surface area contributed by atoms with Crippen molar-refractivity contribution < 1.29 is 15.0 Å². The lowest BCUT2D eigenvalue weighted by Gasteiger charge is -2.02. The summed E-state index contributed by atoms with van der Waals surface area (Å²) in [5, 5.41) is 22.0. The first-order valence-electron chi connectivity index (χ1n) is 4.08. The maximum atomic E-state index is 10.6. The van der Waals surface area contributed by atoms with E-state index in [1.807, 2.05) is 0 Å². The molecule has 0 aliphatic carbocycles. The third-order valence-electron chi connectivity index (χ3n) is 1.74. The highest BCUT2D eigenvalue weighted by Crippen LogP contribution is 2.21. The zero-order valence-electron chi connectivity index (χ0n) is 7.70. The van der Waals surface area contributed by atoms with Gasteiger partial charge in [0, 0.05) is 6.20 Å². The normalized spacial score (nSPS) is 10.3. The minimum atomic E-state index is -1.26. The van der Waals surface area contributed by atoms with E-state index in [4.69, 9.17) is 16.7 Å². The van der Waals surface area contributed by atoms with Crippen LogP contribution in [-0.4, -0.2) is 35.9 Å². The molecule has 2 aromatic rings. The maximum Gasteiger partial charge on any atom is 0.375 e. The van der Waals surface area contributed by atoms with E-state index in [1.54, 1.807) is 0 Å². The standard InChI is InChI=1S/C8H5ClN4O3/c9-4-1-5(7(14)10-2-4)13-3-11-6(12-13)8(15)16/h1-3H,(H,10,14)(H,15,16). The Bertz CT molecular complexity index is 554. The first kappa shape index (κ1) is 10.4. The topological polar surface area (TPSA) is 101 Å². The summed E-state index contributed by atoms with van der Waals surface area (Å²) in [4.78, 5) is 17.7. The van der Waals surface area contributed by atoms with Crippen LogP contribution in [0.2, 0.25) is 5.02 Å². The SMILES string of the molecule is O=C(O)c1ncn(-c2cc(Cl)cnc2O)n1. The van der Waals surface area contributed by atoms with Gasteiger partial charge in [-0.2, -0.15) is 0 Å². The van der Waals surface area contributed by atoms with Gasteiger partial charge in [-0.15, -0.1) is 5.10 Å². The molecule has 0 unspecified atom stereocenters. The second-order valence-corrected chi connectivity index (χ2v) is 3.25. The number of pyridine rings is 1. The Kier molecular flexibility index (Phi) is 2.45. The number of aromatic hydroxyl groups is 1. The summed E-state index contributed by atoms with van der Waals surface area (Å²) < 4.78 is 1.08. The van der Waals surface area contributed by atoms with Gasteiger partial charge >= 0.3 is 5.97 Å². The van der Waals surface area contributed by atoms with Gasteiger partial charge in [-0.05, 0) is 6.07 Å². The monoisotopic (exact) mass is 240 g/mol. The van der Waals surface area contributed by atoms with Crippen LogP contribution in [0.25, 0.3) is 5.69 Å². The Balaban J connectivity index is 2.50. The fraction of sp³-hybridized carbons (Fsp3) is 0. The molecule has 2 aromatic heterocycles. The number of aromatic nitrogens is 4. The molecule has 7 nitrogen and oxygen atoms in total. The highest BCUT2D eigenvalue weighted by atomic mass is 35.5. The van der Waals surface area contributed by atoms with Crippen LogP contribution >= 0.6 is 11.6 Å². The van der Waals surface area contributed by atoms with Crippen LogP contribution in [0.5, 0.6) is 5.88 Å². The molecule has 0 fully saturated rings. The molecule has 0 aromatic carbocycles. The zero-order valence-corrected chi connectivity index (χ0v) is 8.46. The summed E-state index contributed by atoms with van der Waals surface area (Å²) in [7, 11) is 0. The van der Waals surface area contributed by atoms with Crippen molar-refractivity contribution in [2.24, 2.45) is 0 Å². The minimum absolute atomic E-state index is 0.160. The largest absolute Gasteiger partial charge is 0.492 e. The lowest BCUT2D eigenvalue weighted by atomic mass is 10.4. The van der Waals surface area contributed by atoms with E-state index in [1.165, 1.54) is 12.3 Å². The van der Waals surface area contributed by atoms with E-state index < -0.39 is 5.97 Å². The molecule has 0 bridgehead atoms. The molecule has 2 heterocycles. The predicted molar refractivity (Wildman–Crippen MR) is 52.8 cm³/mol. The average molecular weight is 241 g/mol. The Morgan fingerprint density at radius 3 is 2.81 bits per heavy atom. The van der Waals surface area contributed by atoms with E-state index in [0.717, 1.165) is 11.0 Å². The molecule has 0 spiro atoms. The summed E-state index contributed by atoms with van der Waals surface area (Å²) >= 11 is 5.68. The molecular weight excluding hydrogens is 236 g/mol. The van der Waals surface area contributed by atoms with Crippen molar-refractivity contribution in [2.75, 3.05) is 0 Å². The Morgan fingerprint density at radius 1 is 1.44 bits per heavy atom. The third-order valence-corrected chi connectivity index (χ3v) is 1.95. The Hall–Kier alpha value is -2.15. The molecule has 2 rings (SSSR count). The van der Waals surface area contributed by atoms with Crippen molar-refractivity contribution in [3.63, 3.8) is 0 Å². The minimum Gasteiger partial charge on any atom is -0.492 e. The zero-order chi connectivity index (χ0) is 11.7. The van der Waals surface area contributed by atoms with Crippen LogP contribution < -0.4 is 0 Å². The summed E-state index contributed by atoms with van der Waals surface area (Å²) in [6, 6.07) is 1.39. The molecular formula is C8H5ClN4O3. The second kappa shape index (κ2) is 3.78. The summed E-state index contributed by atoms with van der Waals surface area (Å²) in [5.74, 6) is -1.95. The quantitative estimate of drug-likeness (QED) is 0.802. The maximum absolute atomic E-state index is 10.6. The highest BCUT2D eigenvalue weighted by molar-refractivity contribution is 6.30. The van der Waals surface area contributed by atoms with Gasteiger partial charge in [0.15, 0.2) is 0 Å². The third kappa shape index (κ3) is 1.80. The van der Waals surface area contributed by atoms with E-state index in [9.17, 15) is 9.90 Å². The fourth-order valence-corrected chi connectivity index (χ4v) is 1.22. The molecule has 0 amide bonds. The predicted octanol–water partition coefficient (Wildman–Crippen LogP) is 0.720. The number of carboxylic acids is 1. The Labute approximate surface area is 94.0 Å². The van der Waals surface area contributed by atoms with Crippen molar-refractivity contribution >= 4 is 17.6 Å². The molecule has 0 saturated heterocycles. The number of halogens is 1. The second-order valence-electron chi connectivity index (χ2n) is 2.81. The van der Waals surface area contributed by atoms with Crippen molar-refractivity contribution in [1.82, 2.24) is 19.7 Å². The molecule has 2 N–H and O–H groups in total. The average Bonchev–Trinajstić information content (AvgIpc) is 2.70. The molecule has 8 heteroatoms. The Morgan fingerprint density at radius 2 is 2.19 bits per heavy atom. The molecule has 0 radical (unpaired) electrons. The number of aromatic carboxylic acids is 1. The van der Waals surface area contributed by atoms with E-state index in [0.29, 0.717) is 5.02 Å². The van der Waals surface area contributed by atoms with Gasteiger partial charge in [-0.3, -0.25) is 0 Å². The lowest BCUT2D eigenvalue weighted by molar-refractivity contribution is 0.0683. The number of carboxylic acid groups (broad SMARTS) is 1. The molecule has 0 aliphatic heterocycles. The molecule has 0 saturated carbocycles. The van der Waals surface area contributed by atoms with Gasteiger partial charge in [0.1, 0.15) is 12.0 Å². The van der Waals surface area contributed by atoms with Gasteiger partial charge in [-0.1, -0.05) is 11.6 Å². The molecule has 0 atom stereocenters. The van der Waals surface area contributed by atoms with Crippen LogP contribution in [0.4, 0.5) is 0 Å². The van der Waals surface area contributed by atoms with Crippen molar-refractivity contribution in [3.05, 3.63) is 29.4 Å². The van der Waals surface area contributed by atoms with Crippen LogP contribution in [0.15, 0.2) is 18.6 Å². The van der Waals surface area contributed by atoms with Crippen LogP contribution in [0.3, 0.4) is 0 Å². The number of carbonyl (C=O) groups is 1. The molecule has 16 heavy (non-hydrogen) atoms. The van der Waals surface area contributed by atoms with Gasteiger partial charge in [-0.25, -0.2) is 19.4 Å². The van der Waals surface area contributed by atoms with Crippen molar-refractivity contribution in [2.45, 2.75) is 0 Å². The summed E-state index contributed by atoms with van der Waals surface area (Å²) in [6.45, 7) is 0. The lowest BCUT2D eigenvalue weighted by Crippen LogP contribution is -2.02. The number of nitrogens with zero attached hydrogens (tertiary/aromatic N) is 4. The van der Waals surface area contributed by atoms with Gasteiger partial charge < -0.3 is 10.2 Å². The summed E-state index contributed by atoms with van der Waals surface area (Å²) in [6.07, 6.45) is 2.41. The van der Waals surface area contributed by atoms with Crippen molar-refractivity contribution in [3.8, 4) is 11.6 Å².